The van der Waals surface area contributed by atoms with Gasteiger partial charge in [-0.3, -0.25) is 13.9 Å². The third-order valence-electron chi connectivity index (χ3n) is 6.06. The lowest BCUT2D eigenvalue weighted by molar-refractivity contribution is -0.139. The molecule has 2 amide bonds. The molecular weight excluding hydrogens is 518 g/mol. The summed E-state index contributed by atoms with van der Waals surface area (Å²) >= 11 is 0. The SMILES string of the molecule is COc1ccc(N(CC(=O)N(Cc2ccccc2)C(C)C(=O)NC(C)C)S(=O)(=O)c2ccccc2)cc1OC. The largest absolute Gasteiger partial charge is 0.493 e. The molecule has 0 aliphatic heterocycles. The second-order valence-electron chi connectivity index (χ2n) is 9.21. The highest BCUT2D eigenvalue weighted by Gasteiger charge is 2.33. The summed E-state index contributed by atoms with van der Waals surface area (Å²) in [5.74, 6) is -0.159. The first-order chi connectivity index (χ1) is 18.6. The van der Waals surface area contributed by atoms with Crippen LogP contribution in [0.1, 0.15) is 26.3 Å². The third-order valence-corrected chi connectivity index (χ3v) is 7.85. The Kier molecular flexibility index (Phi) is 9.95. The van der Waals surface area contributed by atoms with Gasteiger partial charge in [0, 0.05) is 18.7 Å². The molecule has 39 heavy (non-hydrogen) atoms. The minimum absolute atomic E-state index is 0.0211. The zero-order valence-electron chi connectivity index (χ0n) is 22.8. The van der Waals surface area contributed by atoms with Crippen LogP contribution in [0.2, 0.25) is 0 Å². The van der Waals surface area contributed by atoms with Crippen LogP contribution in [0.5, 0.6) is 11.5 Å². The van der Waals surface area contributed by atoms with Gasteiger partial charge in [-0.2, -0.15) is 0 Å². The van der Waals surface area contributed by atoms with E-state index in [1.807, 2.05) is 44.2 Å². The summed E-state index contributed by atoms with van der Waals surface area (Å²) in [6, 6.07) is 20.7. The molecule has 0 heterocycles. The predicted octanol–water partition coefficient (Wildman–Crippen LogP) is 3.84. The number of ether oxygens (including phenoxy) is 2. The molecule has 1 unspecified atom stereocenters. The van der Waals surface area contributed by atoms with Crippen molar-refractivity contribution in [2.45, 2.75) is 44.3 Å². The lowest BCUT2D eigenvalue weighted by atomic mass is 10.1. The van der Waals surface area contributed by atoms with Crippen LogP contribution in [0.25, 0.3) is 0 Å². The predicted molar refractivity (Wildman–Crippen MR) is 150 cm³/mol. The molecule has 0 bridgehead atoms. The van der Waals surface area contributed by atoms with Crippen molar-refractivity contribution in [3.63, 3.8) is 0 Å². The normalized spacial score (nSPS) is 11.9. The number of methoxy groups -OCH3 is 2. The highest BCUT2D eigenvalue weighted by molar-refractivity contribution is 7.92. The van der Waals surface area contributed by atoms with Crippen LogP contribution in [-0.4, -0.2) is 58.0 Å². The van der Waals surface area contributed by atoms with E-state index in [-0.39, 0.29) is 29.1 Å². The Morgan fingerprint density at radius 2 is 1.44 bits per heavy atom. The molecule has 3 aromatic carbocycles. The van der Waals surface area contributed by atoms with Crippen LogP contribution >= 0.6 is 0 Å². The van der Waals surface area contributed by atoms with E-state index < -0.39 is 28.5 Å². The lowest BCUT2D eigenvalue weighted by Crippen LogP contribution is -2.52. The summed E-state index contributed by atoms with van der Waals surface area (Å²) in [4.78, 5) is 28.3. The Hall–Kier alpha value is -4.05. The molecule has 0 spiro atoms. The molecule has 3 aromatic rings. The summed E-state index contributed by atoms with van der Waals surface area (Å²) in [5.41, 5.74) is 1.02. The second-order valence-corrected chi connectivity index (χ2v) is 11.1. The van der Waals surface area contributed by atoms with Crippen molar-refractivity contribution in [1.29, 1.82) is 0 Å². The summed E-state index contributed by atoms with van der Waals surface area (Å²) in [7, 11) is -1.26. The highest BCUT2D eigenvalue weighted by atomic mass is 32.2. The average molecular weight is 554 g/mol. The van der Waals surface area contributed by atoms with Crippen molar-refractivity contribution in [3.05, 3.63) is 84.4 Å². The molecule has 0 saturated heterocycles. The van der Waals surface area contributed by atoms with E-state index in [4.69, 9.17) is 9.47 Å². The van der Waals surface area contributed by atoms with E-state index in [1.54, 1.807) is 37.3 Å². The Balaban J connectivity index is 2.06. The summed E-state index contributed by atoms with van der Waals surface area (Å²) < 4.78 is 39.4. The molecule has 1 atom stereocenters. The molecule has 1 N–H and O–H groups in total. The number of benzene rings is 3. The van der Waals surface area contributed by atoms with Crippen LogP contribution < -0.4 is 19.1 Å². The topological polar surface area (TPSA) is 105 Å². The van der Waals surface area contributed by atoms with Crippen LogP contribution in [0.3, 0.4) is 0 Å². The maximum Gasteiger partial charge on any atom is 0.264 e. The highest BCUT2D eigenvalue weighted by Crippen LogP contribution is 2.34. The molecule has 208 valence electrons. The second kappa shape index (κ2) is 13.1. The van der Waals surface area contributed by atoms with Gasteiger partial charge in [-0.15, -0.1) is 0 Å². The van der Waals surface area contributed by atoms with Gasteiger partial charge in [0.25, 0.3) is 10.0 Å². The zero-order valence-corrected chi connectivity index (χ0v) is 23.6. The number of carbonyl (C=O) groups is 2. The van der Waals surface area contributed by atoms with Crippen LogP contribution in [0.15, 0.2) is 83.8 Å². The van der Waals surface area contributed by atoms with Gasteiger partial charge in [0.1, 0.15) is 12.6 Å². The van der Waals surface area contributed by atoms with Crippen molar-refractivity contribution in [2.75, 3.05) is 25.1 Å². The Bertz CT molecular complexity index is 1360. The fraction of sp³-hybridized carbons (Fsp3) is 0.310. The Labute approximate surface area is 230 Å². The lowest BCUT2D eigenvalue weighted by Gasteiger charge is -2.32. The van der Waals surface area contributed by atoms with Crippen molar-refractivity contribution in [1.82, 2.24) is 10.2 Å². The third kappa shape index (κ3) is 7.29. The number of rotatable bonds is 12. The average Bonchev–Trinajstić information content (AvgIpc) is 2.94. The summed E-state index contributed by atoms with van der Waals surface area (Å²) in [5, 5.41) is 2.84. The zero-order chi connectivity index (χ0) is 28.6. The van der Waals surface area contributed by atoms with Crippen LogP contribution in [0, 0.1) is 0 Å². The number of sulfonamides is 1. The number of carbonyl (C=O) groups excluding carboxylic acids is 2. The van der Waals surface area contributed by atoms with Gasteiger partial charge in [0.05, 0.1) is 24.8 Å². The monoisotopic (exact) mass is 553 g/mol. The quantitative estimate of drug-likeness (QED) is 0.365. The molecule has 10 heteroatoms. The first-order valence-electron chi connectivity index (χ1n) is 12.5. The number of amides is 2. The number of nitrogens with zero attached hydrogens (tertiary/aromatic N) is 2. The fourth-order valence-corrected chi connectivity index (χ4v) is 5.42. The van der Waals surface area contributed by atoms with Crippen LogP contribution in [-0.2, 0) is 26.2 Å². The van der Waals surface area contributed by atoms with E-state index in [1.165, 1.54) is 37.3 Å². The molecule has 0 fully saturated rings. The molecule has 0 aromatic heterocycles. The number of anilines is 1. The van der Waals surface area contributed by atoms with E-state index in [9.17, 15) is 18.0 Å². The minimum Gasteiger partial charge on any atom is -0.493 e. The van der Waals surface area contributed by atoms with Crippen molar-refractivity contribution < 1.29 is 27.5 Å². The molecule has 3 rings (SSSR count). The van der Waals surface area contributed by atoms with Crippen molar-refractivity contribution >= 4 is 27.5 Å². The first-order valence-corrected chi connectivity index (χ1v) is 14.0. The van der Waals surface area contributed by atoms with E-state index >= 15 is 0 Å². The molecule has 0 saturated carbocycles. The molecular formula is C29H35N3O6S. The first kappa shape index (κ1) is 29.5. The van der Waals surface area contributed by atoms with E-state index in [0.717, 1.165) is 9.87 Å². The molecule has 0 aliphatic rings. The van der Waals surface area contributed by atoms with Crippen molar-refractivity contribution in [3.8, 4) is 11.5 Å². The van der Waals surface area contributed by atoms with Gasteiger partial charge < -0.3 is 19.7 Å². The Morgan fingerprint density at radius 3 is 2.00 bits per heavy atom. The van der Waals surface area contributed by atoms with Gasteiger partial charge >= 0.3 is 0 Å². The van der Waals surface area contributed by atoms with Crippen LogP contribution in [0.4, 0.5) is 5.69 Å². The van der Waals surface area contributed by atoms with Gasteiger partial charge in [0.2, 0.25) is 11.8 Å². The standard InChI is InChI=1S/C29H35N3O6S/c1-21(2)30-29(34)22(3)31(19-23-12-8-6-9-13-23)28(33)20-32(39(35,36)25-14-10-7-11-15-25)24-16-17-26(37-4)27(18-24)38-5/h6-18,21-22H,19-20H2,1-5H3,(H,30,34). The number of hydrogen-bond acceptors (Lipinski definition) is 6. The van der Waals surface area contributed by atoms with Gasteiger partial charge in [0.15, 0.2) is 11.5 Å². The van der Waals surface area contributed by atoms with E-state index in [2.05, 4.69) is 5.32 Å². The van der Waals surface area contributed by atoms with Gasteiger partial charge in [-0.05, 0) is 50.6 Å². The minimum atomic E-state index is -4.18. The molecule has 9 nitrogen and oxygen atoms in total. The Morgan fingerprint density at radius 1 is 0.846 bits per heavy atom. The summed E-state index contributed by atoms with van der Waals surface area (Å²) in [6.07, 6.45) is 0. The van der Waals surface area contributed by atoms with Gasteiger partial charge in [-0.1, -0.05) is 48.5 Å². The summed E-state index contributed by atoms with van der Waals surface area (Å²) in [6.45, 7) is 4.87. The van der Waals surface area contributed by atoms with Crippen molar-refractivity contribution in [2.24, 2.45) is 0 Å². The number of nitrogens with one attached hydrogen (secondary N) is 1. The maximum absolute atomic E-state index is 13.9. The fourth-order valence-electron chi connectivity index (χ4n) is 4.00. The van der Waals surface area contributed by atoms with Gasteiger partial charge in [-0.25, -0.2) is 8.42 Å². The molecule has 0 aliphatic carbocycles. The maximum atomic E-state index is 13.9. The molecule has 0 radical (unpaired) electrons. The van der Waals surface area contributed by atoms with E-state index in [0.29, 0.717) is 11.5 Å². The number of hydrogen-bond donors (Lipinski definition) is 1. The smallest absolute Gasteiger partial charge is 0.264 e.